The lowest BCUT2D eigenvalue weighted by molar-refractivity contribution is -0.142. The fourth-order valence-electron chi connectivity index (χ4n) is 1.64. The number of carboxylic acid groups (broad SMARTS) is 2. The molecule has 108 valence electrons. The van der Waals surface area contributed by atoms with Crippen LogP contribution in [0.15, 0.2) is 30.3 Å². The number of nitrogens with zero attached hydrogens (tertiary/aromatic N) is 2. The molecule has 7 nitrogen and oxygen atoms in total. The number of carbonyl (C=O) groups is 3. The van der Waals surface area contributed by atoms with E-state index in [-0.39, 0.29) is 12.5 Å². The van der Waals surface area contributed by atoms with Crippen molar-refractivity contribution in [1.82, 2.24) is 4.90 Å². The Kier molecular flexibility index (Phi) is 5.67. The topological polar surface area (TPSA) is 98.2 Å². The number of hydrogen-bond acceptors (Lipinski definition) is 4. The number of carbonyl (C=O) groups excluding carboxylic acids is 1. The van der Waals surface area contributed by atoms with Gasteiger partial charge in [0.25, 0.3) is 0 Å². The van der Waals surface area contributed by atoms with Crippen molar-refractivity contribution < 1.29 is 24.6 Å². The molecule has 0 heterocycles. The zero-order chi connectivity index (χ0) is 15.1. The maximum Gasteiger partial charge on any atom is 0.317 e. The van der Waals surface area contributed by atoms with Gasteiger partial charge >= 0.3 is 11.9 Å². The molecule has 0 bridgehead atoms. The highest BCUT2D eigenvalue weighted by Crippen LogP contribution is 2.11. The Labute approximate surface area is 116 Å². The molecule has 1 aromatic rings. The minimum Gasteiger partial charge on any atom is -0.480 e. The summed E-state index contributed by atoms with van der Waals surface area (Å²) in [5.41, 5.74) is 0.656. The number of carboxylic acids is 2. The average molecular weight is 280 g/mol. The van der Waals surface area contributed by atoms with E-state index in [0.29, 0.717) is 5.69 Å². The van der Waals surface area contributed by atoms with E-state index >= 15 is 0 Å². The lowest BCUT2D eigenvalue weighted by Crippen LogP contribution is -2.43. The first kappa shape index (κ1) is 15.6. The monoisotopic (exact) mass is 280 g/mol. The van der Waals surface area contributed by atoms with Gasteiger partial charge in [-0.15, -0.1) is 0 Å². The Morgan fingerprint density at radius 1 is 0.950 bits per heavy atom. The van der Waals surface area contributed by atoms with Crippen LogP contribution in [-0.2, 0) is 14.4 Å². The van der Waals surface area contributed by atoms with Crippen molar-refractivity contribution in [2.24, 2.45) is 0 Å². The van der Waals surface area contributed by atoms with Crippen LogP contribution < -0.4 is 4.90 Å². The molecule has 0 radical (unpaired) electrons. The molecule has 20 heavy (non-hydrogen) atoms. The standard InChI is InChI=1S/C13H16N2O5/c1-14(10-5-3-2-4-6-10)11(16)7-15(8-12(17)18)9-13(19)20/h2-6H,7-9H2,1H3,(H,17,18)(H,19,20). The summed E-state index contributed by atoms with van der Waals surface area (Å²) in [7, 11) is 1.55. The van der Waals surface area contributed by atoms with Crippen molar-refractivity contribution in [3.05, 3.63) is 30.3 Å². The number of amides is 1. The third-order valence-electron chi connectivity index (χ3n) is 2.59. The Morgan fingerprint density at radius 2 is 1.45 bits per heavy atom. The van der Waals surface area contributed by atoms with Gasteiger partial charge in [-0.2, -0.15) is 0 Å². The molecule has 1 aromatic carbocycles. The predicted octanol–water partition coefficient (Wildman–Crippen LogP) is 0.121. The first-order valence-corrected chi connectivity index (χ1v) is 5.87. The lowest BCUT2D eigenvalue weighted by Gasteiger charge is -2.22. The van der Waals surface area contributed by atoms with Crippen molar-refractivity contribution in [1.29, 1.82) is 0 Å². The first-order chi connectivity index (χ1) is 9.40. The normalized spacial score (nSPS) is 10.3. The summed E-state index contributed by atoms with van der Waals surface area (Å²) >= 11 is 0. The zero-order valence-electron chi connectivity index (χ0n) is 11.0. The fourth-order valence-corrected chi connectivity index (χ4v) is 1.64. The van der Waals surface area contributed by atoms with E-state index in [1.165, 1.54) is 4.90 Å². The smallest absolute Gasteiger partial charge is 0.317 e. The minimum atomic E-state index is -1.18. The van der Waals surface area contributed by atoms with Gasteiger partial charge in [0.2, 0.25) is 5.91 Å². The number of para-hydroxylation sites is 1. The molecule has 0 saturated carbocycles. The summed E-state index contributed by atoms with van der Waals surface area (Å²) in [6, 6.07) is 8.81. The van der Waals surface area contributed by atoms with Crippen LogP contribution >= 0.6 is 0 Å². The summed E-state index contributed by atoms with van der Waals surface area (Å²) < 4.78 is 0. The van der Waals surface area contributed by atoms with Crippen molar-refractivity contribution in [3.8, 4) is 0 Å². The first-order valence-electron chi connectivity index (χ1n) is 5.87. The molecule has 1 rings (SSSR count). The van der Waals surface area contributed by atoms with E-state index in [4.69, 9.17) is 10.2 Å². The van der Waals surface area contributed by atoms with Crippen molar-refractivity contribution in [3.63, 3.8) is 0 Å². The van der Waals surface area contributed by atoms with Crippen LogP contribution in [0, 0.1) is 0 Å². The second-order valence-corrected chi connectivity index (χ2v) is 4.22. The van der Waals surface area contributed by atoms with Crippen LogP contribution in [0.4, 0.5) is 5.69 Å². The van der Waals surface area contributed by atoms with Gasteiger partial charge in [-0.25, -0.2) is 0 Å². The summed E-state index contributed by atoms with van der Waals surface area (Å²) in [4.78, 5) is 35.7. The van der Waals surface area contributed by atoms with E-state index in [9.17, 15) is 14.4 Å². The summed E-state index contributed by atoms with van der Waals surface area (Å²) in [5.74, 6) is -2.73. The van der Waals surface area contributed by atoms with Crippen molar-refractivity contribution >= 4 is 23.5 Å². The largest absolute Gasteiger partial charge is 0.480 e. The van der Waals surface area contributed by atoms with Gasteiger partial charge in [-0.1, -0.05) is 18.2 Å². The maximum absolute atomic E-state index is 12.0. The molecular weight excluding hydrogens is 264 g/mol. The van der Waals surface area contributed by atoms with E-state index < -0.39 is 25.0 Å². The Hall–Kier alpha value is -2.41. The molecule has 0 atom stereocenters. The van der Waals surface area contributed by atoms with Crippen molar-refractivity contribution in [2.45, 2.75) is 0 Å². The van der Waals surface area contributed by atoms with Gasteiger partial charge in [-0.05, 0) is 12.1 Å². The Bertz CT molecular complexity index is 473. The van der Waals surface area contributed by atoms with Crippen LogP contribution in [0.5, 0.6) is 0 Å². The number of anilines is 1. The second-order valence-electron chi connectivity index (χ2n) is 4.22. The van der Waals surface area contributed by atoms with Crippen LogP contribution in [0.1, 0.15) is 0 Å². The summed E-state index contributed by atoms with van der Waals surface area (Å²) in [5, 5.41) is 17.4. The molecule has 0 aliphatic carbocycles. The third-order valence-corrected chi connectivity index (χ3v) is 2.59. The summed E-state index contributed by atoms with van der Waals surface area (Å²) in [6.07, 6.45) is 0. The number of likely N-dealkylation sites (N-methyl/N-ethyl adjacent to an activating group) is 1. The van der Waals surface area contributed by atoms with E-state index in [2.05, 4.69) is 0 Å². The lowest BCUT2D eigenvalue weighted by atomic mass is 10.3. The van der Waals surface area contributed by atoms with Gasteiger partial charge < -0.3 is 15.1 Å². The second kappa shape index (κ2) is 7.25. The molecule has 0 spiro atoms. The molecule has 0 aliphatic rings. The Morgan fingerprint density at radius 3 is 1.90 bits per heavy atom. The number of rotatable bonds is 7. The van der Waals surface area contributed by atoms with E-state index in [1.54, 1.807) is 31.3 Å². The molecule has 1 amide bonds. The van der Waals surface area contributed by atoms with Crippen LogP contribution in [0.3, 0.4) is 0 Å². The molecule has 0 fully saturated rings. The Balaban J connectivity index is 2.69. The predicted molar refractivity (Wildman–Crippen MR) is 71.6 cm³/mol. The molecule has 0 aromatic heterocycles. The molecule has 0 aliphatic heterocycles. The van der Waals surface area contributed by atoms with E-state index in [1.807, 2.05) is 6.07 Å². The maximum atomic E-state index is 12.0. The average Bonchev–Trinajstić information content (AvgIpc) is 2.37. The van der Waals surface area contributed by atoms with Crippen LogP contribution in [0.2, 0.25) is 0 Å². The van der Waals surface area contributed by atoms with Gasteiger partial charge in [-0.3, -0.25) is 19.3 Å². The summed E-state index contributed by atoms with van der Waals surface area (Å²) in [6.45, 7) is -1.27. The molecule has 0 unspecified atom stereocenters. The number of benzene rings is 1. The number of aliphatic carboxylic acids is 2. The highest BCUT2D eigenvalue weighted by Gasteiger charge is 2.19. The third kappa shape index (κ3) is 5.07. The van der Waals surface area contributed by atoms with Crippen LogP contribution in [-0.4, -0.2) is 59.6 Å². The molecule has 2 N–H and O–H groups in total. The molecule has 7 heteroatoms. The van der Waals surface area contributed by atoms with Gasteiger partial charge in [0.15, 0.2) is 0 Å². The van der Waals surface area contributed by atoms with Gasteiger partial charge in [0.1, 0.15) is 0 Å². The number of hydrogen-bond donors (Lipinski definition) is 2. The highest BCUT2D eigenvalue weighted by molar-refractivity contribution is 5.94. The molecule has 0 saturated heterocycles. The molecular formula is C13H16N2O5. The highest BCUT2D eigenvalue weighted by atomic mass is 16.4. The van der Waals surface area contributed by atoms with Crippen molar-refractivity contribution in [2.75, 3.05) is 31.6 Å². The van der Waals surface area contributed by atoms with E-state index in [0.717, 1.165) is 4.90 Å². The van der Waals surface area contributed by atoms with Gasteiger partial charge in [0, 0.05) is 12.7 Å². The SMILES string of the molecule is CN(C(=O)CN(CC(=O)O)CC(=O)O)c1ccccc1. The zero-order valence-corrected chi connectivity index (χ0v) is 11.0. The van der Waals surface area contributed by atoms with Gasteiger partial charge in [0.05, 0.1) is 19.6 Å². The fraction of sp³-hybridized carbons (Fsp3) is 0.308. The quantitative estimate of drug-likeness (QED) is 0.736. The van der Waals surface area contributed by atoms with Crippen LogP contribution in [0.25, 0.3) is 0 Å². The minimum absolute atomic E-state index is 0.274.